The van der Waals surface area contributed by atoms with E-state index in [0.29, 0.717) is 0 Å². The van der Waals surface area contributed by atoms with Crippen molar-refractivity contribution in [1.82, 2.24) is 0 Å². The summed E-state index contributed by atoms with van der Waals surface area (Å²) in [5.41, 5.74) is 9.71. The molecular weight excluding hydrogens is 236 g/mol. The van der Waals surface area contributed by atoms with Crippen molar-refractivity contribution in [2.75, 3.05) is 12.4 Å². The molecule has 0 saturated heterocycles. The van der Waals surface area contributed by atoms with Crippen LogP contribution in [0.2, 0.25) is 0 Å². The van der Waals surface area contributed by atoms with Crippen molar-refractivity contribution in [3.63, 3.8) is 0 Å². The Labute approximate surface area is 99.2 Å². The number of aliphatic hydroxyl groups excluding tert-OH is 1. The Balaban J connectivity index is -0.000000183. The number of rotatable bonds is 4. The molecule has 0 radical (unpaired) electrons. The van der Waals surface area contributed by atoms with Gasteiger partial charge < -0.3 is 26.8 Å². The maximum Gasteiger partial charge on any atom is 0.322 e. The first-order valence-corrected chi connectivity index (χ1v) is 4.68. The third kappa shape index (κ3) is 15.4. The quantitative estimate of drug-likeness (QED) is 0.265. The van der Waals surface area contributed by atoms with Gasteiger partial charge in [-0.15, -0.1) is 13.2 Å². The zero-order valence-corrected chi connectivity index (χ0v) is 9.64. The molecule has 2 unspecified atom stereocenters. The molecule has 0 aliphatic rings. The molecule has 96 valence electrons. The van der Waals surface area contributed by atoms with E-state index < -0.39 is 30.6 Å². The fraction of sp³-hybridized carbons (Fsp3) is 0.500. The highest BCUT2D eigenvalue weighted by Gasteiger charge is 2.07. The van der Waals surface area contributed by atoms with Crippen molar-refractivity contribution >= 4 is 24.6 Å². The summed E-state index contributed by atoms with van der Waals surface area (Å²) < 4.78 is 0. The molecule has 0 spiro atoms. The summed E-state index contributed by atoms with van der Waals surface area (Å²) in [5, 5.41) is 23.9. The van der Waals surface area contributed by atoms with Gasteiger partial charge in [-0.2, -0.15) is 12.6 Å². The molecule has 7 N–H and O–H groups in total. The minimum absolute atomic E-state index is 0.190. The average molecular weight is 254 g/mol. The van der Waals surface area contributed by atoms with Crippen molar-refractivity contribution in [2.45, 2.75) is 12.1 Å². The summed E-state index contributed by atoms with van der Waals surface area (Å²) in [7, 11) is 0. The van der Waals surface area contributed by atoms with Crippen molar-refractivity contribution in [1.29, 1.82) is 0 Å². The molecule has 0 aromatic heterocycles. The van der Waals surface area contributed by atoms with Crippen LogP contribution in [0.1, 0.15) is 0 Å². The number of thiol groups is 1. The molecule has 0 bridgehead atoms. The van der Waals surface area contributed by atoms with E-state index in [2.05, 4.69) is 25.8 Å². The fourth-order valence-corrected chi connectivity index (χ4v) is 0.312. The molecule has 0 aliphatic carbocycles. The summed E-state index contributed by atoms with van der Waals surface area (Å²) in [4.78, 5) is 19.4. The molecule has 16 heavy (non-hydrogen) atoms. The van der Waals surface area contributed by atoms with E-state index in [1.807, 2.05) is 0 Å². The van der Waals surface area contributed by atoms with Crippen molar-refractivity contribution in [2.24, 2.45) is 11.5 Å². The predicted octanol–water partition coefficient (Wildman–Crippen LogP) is -1.48. The number of aliphatic hydroxyl groups is 1. The molecule has 0 aromatic rings. The maximum atomic E-state index is 9.76. The van der Waals surface area contributed by atoms with Gasteiger partial charge in [-0.05, 0) is 0 Å². The third-order valence-electron chi connectivity index (χ3n) is 1.03. The van der Waals surface area contributed by atoms with Crippen molar-refractivity contribution in [3.8, 4) is 0 Å². The van der Waals surface area contributed by atoms with Crippen LogP contribution in [0.15, 0.2) is 13.2 Å². The molecule has 0 fully saturated rings. The normalized spacial score (nSPS) is 12.0. The van der Waals surface area contributed by atoms with E-state index in [0.717, 1.165) is 0 Å². The van der Waals surface area contributed by atoms with E-state index in [9.17, 15) is 9.59 Å². The number of carboxylic acid groups (broad SMARTS) is 2. The van der Waals surface area contributed by atoms with Crippen LogP contribution in [0.5, 0.6) is 0 Å². The molecule has 0 rings (SSSR count). The molecule has 0 saturated carbocycles. The van der Waals surface area contributed by atoms with Gasteiger partial charge in [-0.1, -0.05) is 0 Å². The third-order valence-corrected chi connectivity index (χ3v) is 1.42. The first-order chi connectivity index (χ1) is 7.36. The number of aliphatic carboxylic acids is 2. The SMILES string of the molecule is C=C.NC(CO)C(=O)O.NC(CS)C(=O)O. The van der Waals surface area contributed by atoms with Gasteiger partial charge in [0, 0.05) is 5.75 Å². The molecule has 2 atom stereocenters. The number of carboxylic acids is 2. The van der Waals surface area contributed by atoms with Crippen molar-refractivity contribution in [3.05, 3.63) is 13.2 Å². The highest BCUT2D eigenvalue weighted by Crippen LogP contribution is 1.80. The Morgan fingerprint density at radius 2 is 1.44 bits per heavy atom. The van der Waals surface area contributed by atoms with Gasteiger partial charge in [0.25, 0.3) is 0 Å². The van der Waals surface area contributed by atoms with E-state index in [4.69, 9.17) is 26.8 Å². The molecule has 0 aromatic carbocycles. The first kappa shape index (κ1) is 20.3. The van der Waals surface area contributed by atoms with E-state index in [1.165, 1.54) is 0 Å². The van der Waals surface area contributed by atoms with Crippen LogP contribution >= 0.6 is 12.6 Å². The van der Waals surface area contributed by atoms with Gasteiger partial charge in [0.1, 0.15) is 12.1 Å². The number of hydrogen-bond donors (Lipinski definition) is 6. The monoisotopic (exact) mass is 254 g/mol. The lowest BCUT2D eigenvalue weighted by molar-refractivity contribution is -0.139. The van der Waals surface area contributed by atoms with E-state index >= 15 is 0 Å². The van der Waals surface area contributed by atoms with Crippen LogP contribution in [0.3, 0.4) is 0 Å². The number of hydrogen-bond acceptors (Lipinski definition) is 6. The minimum Gasteiger partial charge on any atom is -0.480 e. The lowest BCUT2D eigenvalue weighted by atomic mass is 10.3. The maximum absolute atomic E-state index is 9.76. The Morgan fingerprint density at radius 3 is 1.44 bits per heavy atom. The summed E-state index contributed by atoms with van der Waals surface area (Å²) in [6.07, 6.45) is 0. The van der Waals surface area contributed by atoms with Crippen LogP contribution in [0.25, 0.3) is 0 Å². The van der Waals surface area contributed by atoms with Crippen molar-refractivity contribution < 1.29 is 24.9 Å². The van der Waals surface area contributed by atoms with Crippen LogP contribution in [0.4, 0.5) is 0 Å². The van der Waals surface area contributed by atoms with Crippen LogP contribution in [-0.4, -0.2) is 51.7 Å². The Hall–Kier alpha value is -1.09. The van der Waals surface area contributed by atoms with Crippen LogP contribution in [0, 0.1) is 0 Å². The summed E-state index contributed by atoms with van der Waals surface area (Å²) >= 11 is 3.65. The first-order valence-electron chi connectivity index (χ1n) is 4.05. The lowest BCUT2D eigenvalue weighted by Gasteiger charge is -1.96. The van der Waals surface area contributed by atoms with Gasteiger partial charge >= 0.3 is 11.9 Å². The Bertz CT molecular complexity index is 183. The van der Waals surface area contributed by atoms with E-state index in [1.54, 1.807) is 0 Å². The summed E-state index contributed by atoms with van der Waals surface area (Å²) in [6, 6.07) is -1.94. The molecule has 0 amide bonds. The Morgan fingerprint density at radius 1 is 1.12 bits per heavy atom. The zero-order chi connectivity index (χ0) is 13.7. The minimum atomic E-state index is -1.18. The molecule has 0 heterocycles. The highest BCUT2D eigenvalue weighted by molar-refractivity contribution is 7.80. The van der Waals surface area contributed by atoms with Gasteiger partial charge in [0.05, 0.1) is 6.61 Å². The van der Waals surface area contributed by atoms with Gasteiger partial charge in [0.15, 0.2) is 0 Å². The lowest BCUT2D eigenvalue weighted by Crippen LogP contribution is -2.33. The number of carbonyl (C=O) groups is 2. The zero-order valence-electron chi connectivity index (χ0n) is 8.74. The second kappa shape index (κ2) is 13.9. The van der Waals surface area contributed by atoms with E-state index in [-0.39, 0.29) is 5.75 Å². The summed E-state index contributed by atoms with van der Waals surface area (Å²) in [6.45, 7) is 5.50. The second-order valence-electron chi connectivity index (χ2n) is 2.25. The smallest absolute Gasteiger partial charge is 0.322 e. The standard InChI is InChI=1S/C3H7NO3.C3H7NO2S.C2H4/c4-2(1-5)3(6)7;4-2(1-7)3(5)6;1-2/h2,5H,1,4H2,(H,6,7);2,7H,1,4H2,(H,5,6);1-2H2. The second-order valence-corrected chi connectivity index (χ2v) is 2.62. The van der Waals surface area contributed by atoms with Crippen LogP contribution < -0.4 is 11.5 Å². The highest BCUT2D eigenvalue weighted by atomic mass is 32.1. The fourth-order valence-electron chi connectivity index (χ4n) is 0.156. The summed E-state index contributed by atoms with van der Waals surface area (Å²) in [5.74, 6) is -1.99. The predicted molar refractivity (Wildman–Crippen MR) is 63.4 cm³/mol. The molecule has 0 aliphatic heterocycles. The van der Waals surface area contributed by atoms with Crippen LogP contribution in [-0.2, 0) is 9.59 Å². The molecular formula is C8H18N2O5S. The molecule has 7 nitrogen and oxygen atoms in total. The average Bonchev–Trinajstić information content (AvgIpc) is 2.29. The Kier molecular flexibility index (Phi) is 17.7. The van der Waals surface area contributed by atoms with Gasteiger partial charge in [-0.25, -0.2) is 0 Å². The topological polar surface area (TPSA) is 147 Å². The largest absolute Gasteiger partial charge is 0.480 e. The van der Waals surface area contributed by atoms with Gasteiger partial charge in [-0.3, -0.25) is 9.59 Å². The number of nitrogens with two attached hydrogens (primary N) is 2. The van der Waals surface area contributed by atoms with Gasteiger partial charge in [0.2, 0.25) is 0 Å². The molecule has 8 heteroatoms.